The molecular formula is C16H21ClN2O2. The maximum absolute atomic E-state index is 11.9. The second kappa shape index (κ2) is 8.03. The average molecular weight is 309 g/mol. The first-order valence-electron chi connectivity index (χ1n) is 7.44. The summed E-state index contributed by atoms with van der Waals surface area (Å²) in [7, 11) is 0. The third-order valence-electron chi connectivity index (χ3n) is 3.65. The third-order valence-corrected chi connectivity index (χ3v) is 3.88. The molecule has 0 unspecified atom stereocenters. The summed E-state index contributed by atoms with van der Waals surface area (Å²) < 4.78 is 0. The molecule has 1 aliphatic rings. The highest BCUT2D eigenvalue weighted by Gasteiger charge is 2.18. The van der Waals surface area contributed by atoms with Gasteiger partial charge in [-0.05, 0) is 43.4 Å². The fourth-order valence-electron chi connectivity index (χ4n) is 2.49. The number of benzene rings is 1. The standard InChI is InChI=1S/C16H21ClN2O2/c17-14-6-4-5-13(11-14)7-8-18-15(20)12-16(21)19-9-2-1-3-10-19/h4-6,11H,1-3,7-10,12H2,(H,18,20). The van der Waals surface area contributed by atoms with Gasteiger partial charge in [0.15, 0.2) is 0 Å². The number of hydrogen-bond donors (Lipinski definition) is 1. The average Bonchev–Trinajstić information content (AvgIpc) is 2.48. The van der Waals surface area contributed by atoms with Gasteiger partial charge in [0.05, 0.1) is 0 Å². The number of nitrogens with zero attached hydrogens (tertiary/aromatic N) is 1. The smallest absolute Gasteiger partial charge is 0.232 e. The van der Waals surface area contributed by atoms with Gasteiger partial charge < -0.3 is 10.2 Å². The Balaban J connectivity index is 1.68. The highest BCUT2D eigenvalue weighted by molar-refractivity contribution is 6.30. The minimum absolute atomic E-state index is 0.0461. The van der Waals surface area contributed by atoms with Crippen molar-refractivity contribution in [2.75, 3.05) is 19.6 Å². The molecule has 0 bridgehead atoms. The number of piperidine rings is 1. The molecule has 4 nitrogen and oxygen atoms in total. The summed E-state index contributed by atoms with van der Waals surface area (Å²) in [6.45, 7) is 2.09. The summed E-state index contributed by atoms with van der Waals surface area (Å²) in [6, 6.07) is 7.56. The van der Waals surface area contributed by atoms with Gasteiger partial charge in [0.25, 0.3) is 0 Å². The van der Waals surface area contributed by atoms with Crippen LogP contribution in [0.2, 0.25) is 5.02 Å². The van der Waals surface area contributed by atoms with Gasteiger partial charge in [-0.1, -0.05) is 23.7 Å². The Morgan fingerprint density at radius 3 is 2.67 bits per heavy atom. The van der Waals surface area contributed by atoms with Crippen LogP contribution in [0.25, 0.3) is 0 Å². The Morgan fingerprint density at radius 2 is 1.95 bits per heavy atom. The van der Waals surface area contributed by atoms with Crippen LogP contribution >= 0.6 is 11.6 Å². The number of carbonyl (C=O) groups is 2. The molecule has 2 rings (SSSR count). The topological polar surface area (TPSA) is 49.4 Å². The molecule has 1 saturated heterocycles. The Kier molecular flexibility index (Phi) is 6.05. The molecule has 114 valence electrons. The van der Waals surface area contributed by atoms with Crippen LogP contribution in [-0.2, 0) is 16.0 Å². The minimum atomic E-state index is -0.201. The molecule has 0 saturated carbocycles. The summed E-state index contributed by atoms with van der Waals surface area (Å²) >= 11 is 5.90. The van der Waals surface area contributed by atoms with Crippen LogP contribution in [0.5, 0.6) is 0 Å². The van der Waals surface area contributed by atoms with Crippen LogP contribution in [0.3, 0.4) is 0 Å². The van der Waals surface area contributed by atoms with E-state index in [2.05, 4.69) is 5.32 Å². The van der Waals surface area contributed by atoms with Crippen LogP contribution in [0.15, 0.2) is 24.3 Å². The first-order chi connectivity index (χ1) is 10.1. The summed E-state index contributed by atoms with van der Waals surface area (Å²) in [6.07, 6.45) is 3.93. The Labute approximate surface area is 130 Å². The van der Waals surface area contributed by atoms with Crippen molar-refractivity contribution in [3.05, 3.63) is 34.9 Å². The highest BCUT2D eigenvalue weighted by Crippen LogP contribution is 2.11. The number of carbonyl (C=O) groups excluding carboxylic acids is 2. The lowest BCUT2D eigenvalue weighted by atomic mass is 10.1. The van der Waals surface area contributed by atoms with Gasteiger partial charge >= 0.3 is 0 Å². The van der Waals surface area contributed by atoms with Crippen molar-refractivity contribution in [2.24, 2.45) is 0 Å². The zero-order valence-corrected chi connectivity index (χ0v) is 12.9. The van der Waals surface area contributed by atoms with E-state index >= 15 is 0 Å². The molecule has 1 heterocycles. The molecule has 1 fully saturated rings. The first-order valence-corrected chi connectivity index (χ1v) is 7.82. The van der Waals surface area contributed by atoms with E-state index < -0.39 is 0 Å². The number of nitrogens with one attached hydrogen (secondary N) is 1. The van der Waals surface area contributed by atoms with Crippen molar-refractivity contribution in [1.82, 2.24) is 10.2 Å². The van der Waals surface area contributed by atoms with Crippen LogP contribution in [0.4, 0.5) is 0 Å². The van der Waals surface area contributed by atoms with Crippen LogP contribution < -0.4 is 5.32 Å². The lowest BCUT2D eigenvalue weighted by Gasteiger charge is -2.26. The monoisotopic (exact) mass is 308 g/mol. The van der Waals surface area contributed by atoms with Crippen LogP contribution in [0, 0.1) is 0 Å². The Morgan fingerprint density at radius 1 is 1.19 bits per heavy atom. The van der Waals surface area contributed by atoms with Gasteiger partial charge in [0, 0.05) is 24.7 Å². The molecule has 1 aromatic carbocycles. The molecular weight excluding hydrogens is 288 g/mol. The van der Waals surface area contributed by atoms with Gasteiger partial charge in [0.2, 0.25) is 11.8 Å². The van der Waals surface area contributed by atoms with E-state index in [9.17, 15) is 9.59 Å². The predicted molar refractivity (Wildman–Crippen MR) is 83.2 cm³/mol. The van der Waals surface area contributed by atoms with Gasteiger partial charge in [-0.25, -0.2) is 0 Å². The van der Waals surface area contributed by atoms with Crippen LogP contribution in [-0.4, -0.2) is 36.3 Å². The maximum atomic E-state index is 11.9. The quantitative estimate of drug-likeness (QED) is 0.849. The van der Waals surface area contributed by atoms with E-state index in [4.69, 9.17) is 11.6 Å². The molecule has 1 aliphatic heterocycles. The summed E-state index contributed by atoms with van der Waals surface area (Å²) in [5, 5.41) is 3.48. The highest BCUT2D eigenvalue weighted by atomic mass is 35.5. The second-order valence-corrected chi connectivity index (χ2v) is 5.78. The van der Waals surface area contributed by atoms with Gasteiger partial charge in [-0.2, -0.15) is 0 Å². The van der Waals surface area contributed by atoms with E-state index in [1.54, 1.807) is 4.90 Å². The zero-order valence-electron chi connectivity index (χ0n) is 12.1. The Bertz CT molecular complexity index is 499. The van der Waals surface area contributed by atoms with Crippen molar-refractivity contribution in [1.29, 1.82) is 0 Å². The van der Waals surface area contributed by atoms with Gasteiger partial charge in [-0.3, -0.25) is 9.59 Å². The molecule has 0 spiro atoms. The van der Waals surface area contributed by atoms with Gasteiger partial charge in [0.1, 0.15) is 6.42 Å². The number of hydrogen-bond acceptors (Lipinski definition) is 2. The number of amides is 2. The third kappa shape index (κ3) is 5.38. The molecule has 1 aromatic rings. The zero-order chi connectivity index (χ0) is 15.1. The molecule has 21 heavy (non-hydrogen) atoms. The van der Waals surface area contributed by atoms with E-state index in [0.29, 0.717) is 18.0 Å². The largest absolute Gasteiger partial charge is 0.355 e. The molecule has 2 amide bonds. The van der Waals surface area contributed by atoms with Crippen molar-refractivity contribution in [2.45, 2.75) is 32.1 Å². The first kappa shape index (κ1) is 15.8. The predicted octanol–water partition coefficient (Wildman–Crippen LogP) is 2.40. The summed E-state index contributed by atoms with van der Waals surface area (Å²) in [5.74, 6) is -0.262. The van der Waals surface area contributed by atoms with E-state index in [0.717, 1.165) is 31.5 Å². The van der Waals surface area contributed by atoms with Crippen LogP contribution in [0.1, 0.15) is 31.2 Å². The van der Waals surface area contributed by atoms with Crippen molar-refractivity contribution >= 4 is 23.4 Å². The van der Waals surface area contributed by atoms with Crippen molar-refractivity contribution in [3.8, 4) is 0 Å². The molecule has 5 heteroatoms. The van der Waals surface area contributed by atoms with E-state index in [1.165, 1.54) is 6.42 Å². The van der Waals surface area contributed by atoms with Crippen molar-refractivity contribution in [3.63, 3.8) is 0 Å². The van der Waals surface area contributed by atoms with E-state index in [1.807, 2.05) is 24.3 Å². The minimum Gasteiger partial charge on any atom is -0.355 e. The second-order valence-electron chi connectivity index (χ2n) is 5.35. The van der Waals surface area contributed by atoms with E-state index in [-0.39, 0.29) is 18.2 Å². The molecule has 0 aliphatic carbocycles. The maximum Gasteiger partial charge on any atom is 0.232 e. The fourth-order valence-corrected chi connectivity index (χ4v) is 2.71. The SMILES string of the molecule is O=C(CC(=O)N1CCCCC1)NCCc1cccc(Cl)c1. The lowest BCUT2D eigenvalue weighted by Crippen LogP contribution is -2.39. The Hall–Kier alpha value is -1.55. The van der Waals surface area contributed by atoms with Gasteiger partial charge in [-0.15, -0.1) is 0 Å². The molecule has 0 aromatic heterocycles. The summed E-state index contributed by atoms with van der Waals surface area (Å²) in [5.41, 5.74) is 1.07. The fraction of sp³-hybridized carbons (Fsp3) is 0.500. The number of rotatable bonds is 5. The lowest BCUT2D eigenvalue weighted by molar-refractivity contribution is -0.136. The number of halogens is 1. The van der Waals surface area contributed by atoms with Crippen molar-refractivity contribution < 1.29 is 9.59 Å². The molecule has 1 N–H and O–H groups in total. The summed E-state index contributed by atoms with van der Waals surface area (Å²) in [4.78, 5) is 25.5. The molecule has 0 radical (unpaired) electrons. The number of likely N-dealkylation sites (tertiary alicyclic amines) is 1. The molecule has 0 atom stereocenters. The normalized spacial score (nSPS) is 14.8.